The molecule has 1 atom stereocenters. The molecule has 1 aromatic heterocycles. The van der Waals surface area contributed by atoms with Crippen LogP contribution in [0.25, 0.3) is 0 Å². The highest BCUT2D eigenvalue weighted by molar-refractivity contribution is 7.08. The minimum atomic E-state index is -0.0396. The summed E-state index contributed by atoms with van der Waals surface area (Å²) in [5.74, 6) is 0. The summed E-state index contributed by atoms with van der Waals surface area (Å²) in [6.45, 7) is 0. The Morgan fingerprint density at radius 3 is 2.59 bits per heavy atom. The van der Waals surface area contributed by atoms with Gasteiger partial charge in [0.2, 0.25) is 0 Å². The van der Waals surface area contributed by atoms with E-state index in [0.717, 1.165) is 12.8 Å². The predicted octanol–water partition coefficient (Wildman–Crippen LogP) is 4.64. The van der Waals surface area contributed by atoms with Gasteiger partial charge < -0.3 is 11.1 Å². The summed E-state index contributed by atoms with van der Waals surface area (Å²) >= 11 is 1.69. The highest BCUT2D eigenvalue weighted by atomic mass is 32.1. The van der Waals surface area contributed by atoms with E-state index in [4.69, 9.17) is 5.73 Å². The molecule has 2 nitrogen and oxygen atoms in total. The Morgan fingerprint density at radius 1 is 0.909 bits per heavy atom. The number of hydrogen-bond acceptors (Lipinski definition) is 3. The molecule has 2 aromatic carbocycles. The lowest BCUT2D eigenvalue weighted by Gasteiger charge is -2.15. The molecule has 0 amide bonds. The van der Waals surface area contributed by atoms with E-state index in [-0.39, 0.29) is 6.04 Å². The first-order valence-corrected chi connectivity index (χ1v) is 8.51. The number of anilines is 2. The highest BCUT2D eigenvalue weighted by Gasteiger charge is 2.15. The fraction of sp³-hybridized carbons (Fsp3) is 0.158. The second kappa shape index (κ2) is 5.59. The predicted molar refractivity (Wildman–Crippen MR) is 93.9 cm³/mol. The van der Waals surface area contributed by atoms with E-state index in [1.807, 2.05) is 0 Å². The average Bonchev–Trinajstić information content (AvgIpc) is 3.02. The van der Waals surface area contributed by atoms with E-state index in [0.29, 0.717) is 0 Å². The molecule has 0 aliphatic carbocycles. The lowest BCUT2D eigenvalue weighted by atomic mass is 9.97. The molecule has 4 rings (SSSR count). The molecule has 3 aromatic rings. The number of nitrogens with one attached hydrogen (secondary N) is 1. The van der Waals surface area contributed by atoms with Gasteiger partial charge >= 0.3 is 0 Å². The molecule has 0 radical (unpaired) electrons. The molecule has 2 heterocycles. The van der Waals surface area contributed by atoms with Gasteiger partial charge in [0, 0.05) is 11.4 Å². The molecule has 0 saturated carbocycles. The van der Waals surface area contributed by atoms with Crippen molar-refractivity contribution in [2.75, 3.05) is 5.32 Å². The van der Waals surface area contributed by atoms with Crippen molar-refractivity contribution in [3.63, 3.8) is 0 Å². The number of nitrogens with two attached hydrogens (primary N) is 1. The van der Waals surface area contributed by atoms with E-state index in [9.17, 15) is 0 Å². The van der Waals surface area contributed by atoms with Gasteiger partial charge in [-0.2, -0.15) is 11.3 Å². The number of benzene rings is 2. The van der Waals surface area contributed by atoms with E-state index >= 15 is 0 Å². The van der Waals surface area contributed by atoms with Crippen LogP contribution in [0.1, 0.15) is 28.3 Å². The number of fused-ring (bicyclic) bond motifs is 2. The van der Waals surface area contributed by atoms with Gasteiger partial charge in [0.15, 0.2) is 0 Å². The number of hydrogen-bond donors (Lipinski definition) is 2. The lowest BCUT2D eigenvalue weighted by molar-refractivity contribution is 0.869. The number of rotatable bonds is 2. The Balaban J connectivity index is 1.68. The number of para-hydroxylation sites is 1. The van der Waals surface area contributed by atoms with Gasteiger partial charge in [0.25, 0.3) is 0 Å². The van der Waals surface area contributed by atoms with Gasteiger partial charge in [-0.05, 0) is 64.1 Å². The number of aryl methyl sites for hydroxylation is 2. The third-order valence-electron chi connectivity index (χ3n) is 4.34. The molecule has 0 bridgehead atoms. The monoisotopic (exact) mass is 306 g/mol. The van der Waals surface area contributed by atoms with Crippen LogP contribution in [0.15, 0.2) is 59.3 Å². The second-order valence-corrected chi connectivity index (χ2v) is 6.51. The Bertz CT molecular complexity index is 793. The van der Waals surface area contributed by atoms with Gasteiger partial charge in [-0.25, -0.2) is 0 Å². The van der Waals surface area contributed by atoms with E-state index in [2.05, 4.69) is 64.6 Å². The van der Waals surface area contributed by atoms with Crippen molar-refractivity contribution in [2.45, 2.75) is 18.9 Å². The molecule has 3 N–H and O–H groups in total. The molecule has 1 aliphatic rings. The highest BCUT2D eigenvalue weighted by Crippen LogP contribution is 2.32. The zero-order valence-corrected chi connectivity index (χ0v) is 13.1. The van der Waals surface area contributed by atoms with Gasteiger partial charge in [-0.1, -0.05) is 30.3 Å². The minimum absolute atomic E-state index is 0.0396. The van der Waals surface area contributed by atoms with Gasteiger partial charge in [-0.15, -0.1) is 0 Å². The molecule has 3 heteroatoms. The quantitative estimate of drug-likeness (QED) is 0.724. The molecule has 1 aliphatic heterocycles. The first kappa shape index (κ1) is 13.6. The Kier molecular flexibility index (Phi) is 3.45. The van der Waals surface area contributed by atoms with Crippen molar-refractivity contribution in [2.24, 2.45) is 5.73 Å². The zero-order valence-electron chi connectivity index (χ0n) is 12.3. The van der Waals surface area contributed by atoms with Gasteiger partial charge in [-0.3, -0.25) is 0 Å². The summed E-state index contributed by atoms with van der Waals surface area (Å²) in [4.78, 5) is 0. The van der Waals surface area contributed by atoms with Crippen LogP contribution in [0, 0.1) is 0 Å². The Morgan fingerprint density at radius 2 is 1.73 bits per heavy atom. The summed E-state index contributed by atoms with van der Waals surface area (Å²) in [5, 5.41) is 7.77. The third-order valence-corrected chi connectivity index (χ3v) is 5.04. The maximum atomic E-state index is 6.40. The molecular formula is C19H18N2S. The van der Waals surface area contributed by atoms with E-state index in [1.54, 1.807) is 11.3 Å². The van der Waals surface area contributed by atoms with Crippen molar-refractivity contribution in [3.8, 4) is 0 Å². The van der Waals surface area contributed by atoms with Crippen molar-refractivity contribution in [3.05, 3.63) is 81.5 Å². The first-order valence-electron chi connectivity index (χ1n) is 7.57. The van der Waals surface area contributed by atoms with Crippen LogP contribution in [0.3, 0.4) is 0 Å². The number of thiophene rings is 1. The Labute approximate surface area is 134 Å². The molecule has 1 unspecified atom stereocenters. The molecule has 0 spiro atoms. The maximum Gasteiger partial charge on any atom is 0.0559 e. The first-order chi connectivity index (χ1) is 10.8. The third kappa shape index (κ3) is 2.43. The van der Waals surface area contributed by atoms with Crippen LogP contribution in [0.5, 0.6) is 0 Å². The molecule has 0 saturated heterocycles. The second-order valence-electron chi connectivity index (χ2n) is 5.73. The molecule has 22 heavy (non-hydrogen) atoms. The van der Waals surface area contributed by atoms with Crippen molar-refractivity contribution in [1.82, 2.24) is 0 Å². The SMILES string of the molecule is NC(c1ccsc1)c1ccc2c(c1)CCc1ccccc1N2. The fourth-order valence-corrected chi connectivity index (χ4v) is 3.75. The average molecular weight is 306 g/mol. The van der Waals surface area contributed by atoms with Crippen LogP contribution >= 0.6 is 11.3 Å². The van der Waals surface area contributed by atoms with E-state index in [1.165, 1.54) is 33.6 Å². The van der Waals surface area contributed by atoms with Crippen molar-refractivity contribution in [1.29, 1.82) is 0 Å². The van der Waals surface area contributed by atoms with Crippen LogP contribution in [-0.4, -0.2) is 0 Å². The fourth-order valence-electron chi connectivity index (χ4n) is 3.05. The van der Waals surface area contributed by atoms with Crippen LogP contribution < -0.4 is 11.1 Å². The molecule has 0 fully saturated rings. The summed E-state index contributed by atoms with van der Waals surface area (Å²) in [7, 11) is 0. The summed E-state index contributed by atoms with van der Waals surface area (Å²) in [6.07, 6.45) is 2.11. The van der Waals surface area contributed by atoms with Gasteiger partial charge in [0.05, 0.1) is 6.04 Å². The van der Waals surface area contributed by atoms with Crippen LogP contribution in [0.2, 0.25) is 0 Å². The largest absolute Gasteiger partial charge is 0.355 e. The smallest absolute Gasteiger partial charge is 0.0559 e. The molecular weight excluding hydrogens is 288 g/mol. The van der Waals surface area contributed by atoms with Gasteiger partial charge in [0.1, 0.15) is 0 Å². The maximum absolute atomic E-state index is 6.40. The van der Waals surface area contributed by atoms with Crippen LogP contribution in [0.4, 0.5) is 11.4 Å². The minimum Gasteiger partial charge on any atom is -0.355 e. The summed E-state index contributed by atoms with van der Waals surface area (Å²) < 4.78 is 0. The lowest BCUT2D eigenvalue weighted by Crippen LogP contribution is -2.11. The standard InChI is InChI=1S/C19H18N2S/c20-19(16-9-10-22-12-16)15-7-8-18-14(11-15)6-5-13-3-1-2-4-17(13)21-18/h1-4,7-12,19,21H,5-6,20H2. The van der Waals surface area contributed by atoms with Crippen molar-refractivity contribution < 1.29 is 0 Å². The zero-order chi connectivity index (χ0) is 14.9. The van der Waals surface area contributed by atoms with Crippen LogP contribution in [-0.2, 0) is 12.8 Å². The Hall–Kier alpha value is -2.10. The normalized spacial score (nSPS) is 14.4. The topological polar surface area (TPSA) is 38.0 Å². The summed E-state index contributed by atoms with van der Waals surface area (Å²) in [5.41, 5.74) is 13.9. The molecule has 110 valence electrons. The van der Waals surface area contributed by atoms with Crippen molar-refractivity contribution >= 4 is 22.7 Å². The van der Waals surface area contributed by atoms with E-state index < -0.39 is 0 Å². The summed E-state index contributed by atoms with van der Waals surface area (Å²) in [6, 6.07) is 17.2.